The van der Waals surface area contributed by atoms with Gasteiger partial charge in [-0.2, -0.15) is 5.26 Å². The number of nitrogens with zero attached hydrogens (tertiary/aromatic N) is 2. The molecule has 0 saturated carbocycles. The summed E-state index contributed by atoms with van der Waals surface area (Å²) in [6.07, 6.45) is 5.05. The first-order valence-corrected chi connectivity index (χ1v) is 5.92. The van der Waals surface area contributed by atoms with Crippen LogP contribution in [0.15, 0.2) is 18.3 Å². The summed E-state index contributed by atoms with van der Waals surface area (Å²) in [6, 6.07) is 5.89. The summed E-state index contributed by atoms with van der Waals surface area (Å²) >= 11 is 0. The molecule has 0 unspecified atom stereocenters. The zero-order valence-corrected chi connectivity index (χ0v) is 10.3. The van der Waals surface area contributed by atoms with Crippen molar-refractivity contribution in [3.05, 3.63) is 29.6 Å². The number of aromatic nitrogens is 1. The van der Waals surface area contributed by atoms with E-state index in [1.807, 2.05) is 12.1 Å². The Kier molecular flexibility index (Phi) is 6.96. The maximum atomic E-state index is 8.86. The van der Waals surface area contributed by atoms with Gasteiger partial charge < -0.3 is 10.1 Å². The maximum absolute atomic E-state index is 8.86. The second-order valence-corrected chi connectivity index (χ2v) is 3.85. The fourth-order valence-electron chi connectivity index (χ4n) is 1.58. The molecule has 0 atom stereocenters. The van der Waals surface area contributed by atoms with E-state index in [-0.39, 0.29) is 0 Å². The van der Waals surface area contributed by atoms with Crippen molar-refractivity contribution in [3.63, 3.8) is 0 Å². The number of pyridine rings is 1. The van der Waals surface area contributed by atoms with Gasteiger partial charge in [0.2, 0.25) is 0 Å². The highest BCUT2D eigenvalue weighted by molar-refractivity contribution is 5.30. The SMILES string of the molecule is COCCCCCNCc1cccnc1C#N. The molecular weight excluding hydrogens is 214 g/mol. The molecule has 4 heteroatoms. The second-order valence-electron chi connectivity index (χ2n) is 3.85. The van der Waals surface area contributed by atoms with E-state index in [1.54, 1.807) is 13.3 Å². The standard InChI is InChI=1S/C13H19N3O/c1-17-9-4-2-3-7-15-11-12-6-5-8-16-13(12)10-14/h5-6,8,15H,2-4,7,9,11H2,1H3. The minimum atomic E-state index is 0.513. The van der Waals surface area contributed by atoms with Gasteiger partial charge in [-0.3, -0.25) is 0 Å². The summed E-state index contributed by atoms with van der Waals surface area (Å²) in [5.74, 6) is 0. The average molecular weight is 233 g/mol. The van der Waals surface area contributed by atoms with Crippen molar-refractivity contribution in [2.45, 2.75) is 25.8 Å². The van der Waals surface area contributed by atoms with Crippen LogP contribution < -0.4 is 5.32 Å². The molecule has 0 fully saturated rings. The van der Waals surface area contributed by atoms with Crippen LogP contribution in [0.25, 0.3) is 0 Å². The minimum absolute atomic E-state index is 0.513. The molecule has 1 heterocycles. The van der Waals surface area contributed by atoms with Crippen LogP contribution in [0.1, 0.15) is 30.5 Å². The molecule has 1 N–H and O–H groups in total. The number of nitrogens with one attached hydrogen (secondary N) is 1. The van der Waals surface area contributed by atoms with Crippen LogP contribution in [0, 0.1) is 11.3 Å². The third kappa shape index (κ3) is 5.43. The minimum Gasteiger partial charge on any atom is -0.385 e. The molecule has 0 aliphatic rings. The van der Waals surface area contributed by atoms with Crippen LogP contribution in [0.3, 0.4) is 0 Å². The van der Waals surface area contributed by atoms with E-state index in [0.717, 1.165) is 31.6 Å². The van der Waals surface area contributed by atoms with Crippen molar-refractivity contribution in [1.82, 2.24) is 10.3 Å². The summed E-state index contributed by atoms with van der Waals surface area (Å²) < 4.78 is 4.98. The fraction of sp³-hybridized carbons (Fsp3) is 0.538. The number of nitriles is 1. The van der Waals surface area contributed by atoms with Crippen molar-refractivity contribution >= 4 is 0 Å². The normalized spacial score (nSPS) is 10.1. The molecule has 0 aliphatic heterocycles. The van der Waals surface area contributed by atoms with Crippen molar-refractivity contribution in [2.75, 3.05) is 20.3 Å². The van der Waals surface area contributed by atoms with Crippen LogP contribution >= 0.6 is 0 Å². The molecule has 92 valence electrons. The molecule has 0 radical (unpaired) electrons. The number of hydrogen-bond donors (Lipinski definition) is 1. The fourth-order valence-corrected chi connectivity index (χ4v) is 1.58. The van der Waals surface area contributed by atoms with E-state index in [1.165, 1.54) is 6.42 Å². The Hall–Kier alpha value is -1.44. The lowest BCUT2D eigenvalue weighted by Gasteiger charge is -2.05. The van der Waals surface area contributed by atoms with E-state index in [4.69, 9.17) is 10.00 Å². The number of hydrogen-bond acceptors (Lipinski definition) is 4. The van der Waals surface area contributed by atoms with E-state index in [2.05, 4.69) is 16.4 Å². The third-order valence-electron chi connectivity index (χ3n) is 2.51. The molecule has 0 aromatic carbocycles. The Morgan fingerprint density at radius 3 is 3.06 bits per heavy atom. The summed E-state index contributed by atoms with van der Waals surface area (Å²) in [6.45, 7) is 2.51. The van der Waals surface area contributed by atoms with Gasteiger partial charge in [0.1, 0.15) is 11.8 Å². The quantitative estimate of drug-likeness (QED) is 0.696. The highest BCUT2D eigenvalue weighted by Crippen LogP contribution is 2.03. The van der Waals surface area contributed by atoms with E-state index in [9.17, 15) is 0 Å². The Balaban J connectivity index is 2.16. The van der Waals surface area contributed by atoms with Crippen LogP contribution in [0.5, 0.6) is 0 Å². The van der Waals surface area contributed by atoms with Crippen molar-refractivity contribution in [1.29, 1.82) is 5.26 Å². The van der Waals surface area contributed by atoms with Gasteiger partial charge >= 0.3 is 0 Å². The molecule has 1 rings (SSSR count). The summed E-state index contributed by atoms with van der Waals surface area (Å²) in [5.41, 5.74) is 1.48. The van der Waals surface area contributed by atoms with E-state index in [0.29, 0.717) is 12.2 Å². The Morgan fingerprint density at radius 2 is 2.29 bits per heavy atom. The number of rotatable bonds is 8. The highest BCUT2D eigenvalue weighted by atomic mass is 16.5. The third-order valence-corrected chi connectivity index (χ3v) is 2.51. The molecule has 0 spiro atoms. The highest BCUT2D eigenvalue weighted by Gasteiger charge is 2.00. The lowest BCUT2D eigenvalue weighted by Crippen LogP contribution is -2.16. The number of methoxy groups -OCH3 is 1. The van der Waals surface area contributed by atoms with Gasteiger partial charge in [-0.15, -0.1) is 0 Å². The largest absolute Gasteiger partial charge is 0.385 e. The molecule has 0 aliphatic carbocycles. The monoisotopic (exact) mass is 233 g/mol. The Labute approximate surface area is 103 Å². The summed E-state index contributed by atoms with van der Waals surface area (Å²) in [7, 11) is 1.73. The first-order chi connectivity index (χ1) is 8.38. The molecular formula is C13H19N3O. The summed E-state index contributed by atoms with van der Waals surface area (Å²) in [4.78, 5) is 4.02. The lowest BCUT2D eigenvalue weighted by molar-refractivity contribution is 0.192. The van der Waals surface area contributed by atoms with Gasteiger partial charge in [0.25, 0.3) is 0 Å². The molecule has 1 aromatic rings. The van der Waals surface area contributed by atoms with Gasteiger partial charge in [0.15, 0.2) is 0 Å². The molecule has 0 saturated heterocycles. The van der Waals surface area contributed by atoms with Crippen molar-refractivity contribution in [2.24, 2.45) is 0 Å². The van der Waals surface area contributed by atoms with Crippen molar-refractivity contribution in [3.8, 4) is 6.07 Å². The smallest absolute Gasteiger partial charge is 0.144 e. The summed E-state index contributed by atoms with van der Waals surface area (Å²) in [5, 5.41) is 12.2. The molecule has 17 heavy (non-hydrogen) atoms. The first-order valence-electron chi connectivity index (χ1n) is 5.92. The zero-order chi connectivity index (χ0) is 12.3. The van der Waals surface area contributed by atoms with Gasteiger partial charge in [-0.25, -0.2) is 4.98 Å². The van der Waals surface area contributed by atoms with Gasteiger partial charge in [0, 0.05) is 32.0 Å². The van der Waals surface area contributed by atoms with Gasteiger partial charge in [0.05, 0.1) is 0 Å². The van der Waals surface area contributed by atoms with Gasteiger partial charge in [-0.1, -0.05) is 6.07 Å². The van der Waals surface area contributed by atoms with Crippen LogP contribution in [0.2, 0.25) is 0 Å². The molecule has 1 aromatic heterocycles. The zero-order valence-electron chi connectivity index (χ0n) is 10.3. The maximum Gasteiger partial charge on any atom is 0.144 e. The van der Waals surface area contributed by atoms with Crippen LogP contribution in [0.4, 0.5) is 0 Å². The predicted octanol–water partition coefficient (Wildman–Crippen LogP) is 1.86. The first kappa shape index (κ1) is 13.6. The van der Waals surface area contributed by atoms with Crippen LogP contribution in [-0.4, -0.2) is 25.2 Å². The number of unbranched alkanes of at least 4 members (excludes halogenated alkanes) is 2. The topological polar surface area (TPSA) is 57.9 Å². The van der Waals surface area contributed by atoms with E-state index < -0.39 is 0 Å². The lowest BCUT2D eigenvalue weighted by atomic mass is 10.2. The van der Waals surface area contributed by atoms with Crippen molar-refractivity contribution < 1.29 is 4.74 Å². The van der Waals surface area contributed by atoms with Crippen LogP contribution in [-0.2, 0) is 11.3 Å². The predicted molar refractivity (Wildman–Crippen MR) is 66.4 cm³/mol. The Morgan fingerprint density at radius 1 is 1.41 bits per heavy atom. The second kappa shape index (κ2) is 8.68. The molecule has 4 nitrogen and oxygen atoms in total. The molecule has 0 bridgehead atoms. The average Bonchev–Trinajstić information content (AvgIpc) is 2.38. The van der Waals surface area contributed by atoms with E-state index >= 15 is 0 Å². The molecule has 0 amide bonds. The Bertz CT molecular complexity index is 360. The van der Waals surface area contributed by atoms with Gasteiger partial charge in [-0.05, 0) is 31.9 Å². The number of ether oxygens (including phenoxy) is 1.